The van der Waals surface area contributed by atoms with Gasteiger partial charge in [-0.05, 0) is 19.1 Å². The molecule has 0 radical (unpaired) electrons. The molecule has 2 aromatic heterocycles. The van der Waals surface area contributed by atoms with Gasteiger partial charge in [0.25, 0.3) is 0 Å². The lowest BCUT2D eigenvalue weighted by molar-refractivity contribution is 0.103. The van der Waals surface area contributed by atoms with Crippen LogP contribution < -0.4 is 5.73 Å². The molecule has 2 aromatic rings. The second-order valence-electron chi connectivity index (χ2n) is 3.67. The maximum atomic E-state index is 12.0. The quantitative estimate of drug-likeness (QED) is 0.758. The van der Waals surface area contributed by atoms with Gasteiger partial charge in [0.1, 0.15) is 0 Å². The summed E-state index contributed by atoms with van der Waals surface area (Å²) in [7, 11) is 0. The molecule has 17 heavy (non-hydrogen) atoms. The molecular formula is C11H13N5O. The number of aromatic nitrogens is 4. The molecule has 2 heterocycles. The van der Waals surface area contributed by atoms with Gasteiger partial charge in [-0.1, -0.05) is 5.21 Å². The van der Waals surface area contributed by atoms with Gasteiger partial charge in [-0.3, -0.25) is 14.5 Å². The van der Waals surface area contributed by atoms with E-state index >= 15 is 0 Å². The minimum absolute atomic E-state index is 0.180. The van der Waals surface area contributed by atoms with Crippen molar-refractivity contribution in [1.82, 2.24) is 20.0 Å². The Balaban J connectivity index is 2.21. The largest absolute Gasteiger partial charge is 0.329 e. The molecular weight excluding hydrogens is 218 g/mol. The molecule has 0 aliphatic carbocycles. The van der Waals surface area contributed by atoms with Crippen molar-refractivity contribution in [3.05, 3.63) is 41.5 Å². The van der Waals surface area contributed by atoms with Crippen LogP contribution in [0, 0.1) is 6.92 Å². The Kier molecular flexibility index (Phi) is 3.24. The van der Waals surface area contributed by atoms with Crippen molar-refractivity contribution in [3.8, 4) is 0 Å². The Morgan fingerprint density at radius 1 is 1.47 bits per heavy atom. The van der Waals surface area contributed by atoms with Crippen molar-refractivity contribution in [3.63, 3.8) is 0 Å². The number of nitrogens with two attached hydrogens (primary N) is 1. The van der Waals surface area contributed by atoms with Crippen molar-refractivity contribution in [2.75, 3.05) is 6.54 Å². The number of ketones is 1. The van der Waals surface area contributed by atoms with E-state index in [0.29, 0.717) is 24.3 Å². The first kappa shape index (κ1) is 11.4. The number of nitrogens with zero attached hydrogens (tertiary/aromatic N) is 4. The fourth-order valence-electron chi connectivity index (χ4n) is 1.39. The van der Waals surface area contributed by atoms with Crippen LogP contribution in [0.4, 0.5) is 0 Å². The predicted octanol–water partition coefficient (Wildman–Crippen LogP) is 0.171. The number of pyridine rings is 1. The van der Waals surface area contributed by atoms with Crippen LogP contribution in [0.2, 0.25) is 0 Å². The van der Waals surface area contributed by atoms with Crippen LogP contribution in [0.3, 0.4) is 0 Å². The van der Waals surface area contributed by atoms with Crippen LogP contribution in [-0.2, 0) is 6.54 Å². The summed E-state index contributed by atoms with van der Waals surface area (Å²) < 4.78 is 1.55. The first-order valence-electron chi connectivity index (χ1n) is 5.28. The lowest BCUT2D eigenvalue weighted by atomic mass is 10.1. The molecule has 0 spiro atoms. The van der Waals surface area contributed by atoms with Gasteiger partial charge in [0, 0.05) is 24.0 Å². The summed E-state index contributed by atoms with van der Waals surface area (Å²) in [6, 6.07) is 3.52. The fourth-order valence-corrected chi connectivity index (χ4v) is 1.39. The zero-order valence-electron chi connectivity index (χ0n) is 9.50. The van der Waals surface area contributed by atoms with E-state index < -0.39 is 0 Å². The topological polar surface area (TPSA) is 86.7 Å². The maximum Gasteiger partial charge on any atom is 0.216 e. The molecule has 0 saturated heterocycles. The van der Waals surface area contributed by atoms with E-state index in [1.54, 1.807) is 29.2 Å². The molecule has 0 saturated carbocycles. The molecule has 88 valence electrons. The summed E-state index contributed by atoms with van der Waals surface area (Å²) in [4.78, 5) is 16.1. The number of hydrogen-bond acceptors (Lipinski definition) is 5. The average molecular weight is 231 g/mol. The average Bonchev–Trinajstić information content (AvgIpc) is 2.78. The lowest BCUT2D eigenvalue weighted by Crippen LogP contribution is -2.10. The lowest BCUT2D eigenvalue weighted by Gasteiger charge is -1.97. The number of carbonyl (C=O) groups excluding carboxylic acids is 1. The van der Waals surface area contributed by atoms with Crippen LogP contribution >= 0.6 is 0 Å². The summed E-state index contributed by atoms with van der Waals surface area (Å²) in [5, 5.41) is 7.63. The normalized spacial score (nSPS) is 10.5. The van der Waals surface area contributed by atoms with E-state index in [0.717, 1.165) is 5.69 Å². The summed E-state index contributed by atoms with van der Waals surface area (Å²) in [6.07, 6.45) is 3.13. The number of hydrogen-bond donors (Lipinski definition) is 1. The summed E-state index contributed by atoms with van der Waals surface area (Å²) in [6.45, 7) is 2.88. The van der Waals surface area contributed by atoms with Crippen molar-refractivity contribution >= 4 is 5.78 Å². The number of carbonyl (C=O) groups is 1. The van der Waals surface area contributed by atoms with E-state index in [2.05, 4.69) is 15.3 Å². The molecule has 6 nitrogen and oxygen atoms in total. The first-order valence-corrected chi connectivity index (χ1v) is 5.28. The molecule has 0 atom stereocenters. The van der Waals surface area contributed by atoms with Crippen LogP contribution in [-0.4, -0.2) is 32.3 Å². The van der Waals surface area contributed by atoms with Gasteiger partial charge >= 0.3 is 0 Å². The van der Waals surface area contributed by atoms with Crippen LogP contribution in [0.25, 0.3) is 0 Å². The van der Waals surface area contributed by atoms with Gasteiger partial charge in [0.15, 0.2) is 5.69 Å². The standard InChI is InChI=1S/C11H13N5O/c1-8-2-3-9(6-13-8)11(17)10-7-16(5-4-12)15-14-10/h2-3,6-7H,4-5,12H2,1H3. The molecule has 6 heteroatoms. The van der Waals surface area contributed by atoms with E-state index in [9.17, 15) is 4.79 Å². The van der Waals surface area contributed by atoms with Crippen LogP contribution in [0.5, 0.6) is 0 Å². The Morgan fingerprint density at radius 2 is 2.29 bits per heavy atom. The highest BCUT2D eigenvalue weighted by molar-refractivity contribution is 6.07. The smallest absolute Gasteiger partial charge is 0.216 e. The first-order chi connectivity index (χ1) is 8.20. The fraction of sp³-hybridized carbons (Fsp3) is 0.273. The van der Waals surface area contributed by atoms with E-state index in [-0.39, 0.29) is 5.78 Å². The van der Waals surface area contributed by atoms with E-state index in [4.69, 9.17) is 5.73 Å². The summed E-state index contributed by atoms with van der Waals surface area (Å²) in [5.74, 6) is -0.180. The third-order valence-corrected chi connectivity index (χ3v) is 2.30. The third-order valence-electron chi connectivity index (χ3n) is 2.30. The van der Waals surface area contributed by atoms with Crippen LogP contribution in [0.15, 0.2) is 24.5 Å². The van der Waals surface area contributed by atoms with Gasteiger partial charge in [-0.2, -0.15) is 0 Å². The Morgan fingerprint density at radius 3 is 2.94 bits per heavy atom. The molecule has 0 amide bonds. The van der Waals surface area contributed by atoms with Gasteiger partial charge in [-0.15, -0.1) is 5.10 Å². The minimum Gasteiger partial charge on any atom is -0.329 e. The maximum absolute atomic E-state index is 12.0. The molecule has 0 aliphatic rings. The van der Waals surface area contributed by atoms with Gasteiger partial charge < -0.3 is 5.73 Å². The van der Waals surface area contributed by atoms with Crippen molar-refractivity contribution in [2.24, 2.45) is 5.73 Å². The molecule has 2 rings (SSSR count). The zero-order chi connectivity index (χ0) is 12.3. The molecule has 0 aromatic carbocycles. The van der Waals surface area contributed by atoms with Crippen LogP contribution in [0.1, 0.15) is 21.7 Å². The Bertz CT molecular complexity index is 517. The number of rotatable bonds is 4. The highest BCUT2D eigenvalue weighted by Gasteiger charge is 2.13. The van der Waals surface area contributed by atoms with Crippen molar-refractivity contribution in [1.29, 1.82) is 0 Å². The summed E-state index contributed by atoms with van der Waals surface area (Å²) >= 11 is 0. The van der Waals surface area contributed by atoms with E-state index in [1.807, 2.05) is 6.92 Å². The second kappa shape index (κ2) is 4.84. The highest BCUT2D eigenvalue weighted by Crippen LogP contribution is 2.06. The third kappa shape index (κ3) is 2.54. The van der Waals surface area contributed by atoms with Gasteiger partial charge in [0.05, 0.1) is 12.7 Å². The van der Waals surface area contributed by atoms with Crippen molar-refractivity contribution < 1.29 is 4.79 Å². The summed E-state index contributed by atoms with van der Waals surface area (Å²) in [5.41, 5.74) is 7.08. The van der Waals surface area contributed by atoms with Crippen molar-refractivity contribution in [2.45, 2.75) is 13.5 Å². The van der Waals surface area contributed by atoms with Gasteiger partial charge in [-0.25, -0.2) is 0 Å². The SMILES string of the molecule is Cc1ccc(C(=O)c2cn(CCN)nn2)cn1. The molecule has 0 unspecified atom stereocenters. The second-order valence-corrected chi connectivity index (χ2v) is 3.67. The molecule has 0 bridgehead atoms. The monoisotopic (exact) mass is 231 g/mol. The minimum atomic E-state index is -0.180. The van der Waals surface area contributed by atoms with Gasteiger partial charge in [0.2, 0.25) is 5.78 Å². The Labute approximate surface area is 98.5 Å². The van der Waals surface area contributed by atoms with E-state index in [1.165, 1.54) is 0 Å². The highest BCUT2D eigenvalue weighted by atomic mass is 16.1. The molecule has 0 aliphatic heterocycles. The molecule has 0 fully saturated rings. The predicted molar refractivity (Wildman–Crippen MR) is 61.5 cm³/mol. The zero-order valence-corrected chi connectivity index (χ0v) is 9.50. The molecule has 2 N–H and O–H groups in total. The number of aryl methyl sites for hydroxylation is 1. The Hall–Kier alpha value is -2.08.